The lowest BCUT2D eigenvalue weighted by Crippen LogP contribution is -2.09. The predicted octanol–water partition coefficient (Wildman–Crippen LogP) is 3.81. The number of carbonyl (C=O) groups is 1. The van der Waals surface area contributed by atoms with E-state index in [-0.39, 0.29) is 12.4 Å². The van der Waals surface area contributed by atoms with Crippen molar-refractivity contribution in [3.8, 4) is 0 Å². The first-order chi connectivity index (χ1) is 10.1. The van der Waals surface area contributed by atoms with Crippen molar-refractivity contribution in [2.45, 2.75) is 13.0 Å². The molecular formula is C16H15ClFNO2. The van der Waals surface area contributed by atoms with E-state index in [9.17, 15) is 9.18 Å². The maximum Gasteiger partial charge on any atom is 0.309 e. The summed E-state index contributed by atoms with van der Waals surface area (Å²) >= 11 is 5.71. The van der Waals surface area contributed by atoms with Gasteiger partial charge in [0.15, 0.2) is 0 Å². The van der Waals surface area contributed by atoms with Gasteiger partial charge in [0.1, 0.15) is 5.82 Å². The third kappa shape index (κ3) is 4.20. The Labute approximate surface area is 127 Å². The molecule has 0 saturated heterocycles. The van der Waals surface area contributed by atoms with Crippen molar-refractivity contribution in [3.05, 3.63) is 64.4 Å². The van der Waals surface area contributed by atoms with Gasteiger partial charge in [-0.1, -0.05) is 35.9 Å². The third-order valence-corrected chi connectivity index (χ3v) is 3.32. The van der Waals surface area contributed by atoms with E-state index in [2.05, 4.69) is 10.1 Å². The summed E-state index contributed by atoms with van der Waals surface area (Å²) in [6.07, 6.45) is 0.192. The largest absolute Gasteiger partial charge is 0.469 e. The number of methoxy groups -OCH3 is 1. The smallest absolute Gasteiger partial charge is 0.309 e. The molecule has 0 fully saturated rings. The van der Waals surface area contributed by atoms with Gasteiger partial charge in [0, 0.05) is 11.6 Å². The fraction of sp³-hybridized carbons (Fsp3) is 0.188. The molecular weight excluding hydrogens is 293 g/mol. The minimum atomic E-state index is -0.409. The van der Waals surface area contributed by atoms with E-state index >= 15 is 0 Å². The molecule has 21 heavy (non-hydrogen) atoms. The van der Waals surface area contributed by atoms with Crippen molar-refractivity contribution in [1.82, 2.24) is 0 Å². The van der Waals surface area contributed by atoms with Gasteiger partial charge in [0.2, 0.25) is 0 Å². The lowest BCUT2D eigenvalue weighted by molar-refractivity contribution is -0.139. The second-order valence-electron chi connectivity index (χ2n) is 4.50. The molecule has 0 aliphatic carbocycles. The molecule has 0 aromatic heterocycles. The van der Waals surface area contributed by atoms with Crippen LogP contribution in [-0.4, -0.2) is 13.1 Å². The second kappa shape index (κ2) is 7.09. The second-order valence-corrected chi connectivity index (χ2v) is 4.94. The number of rotatable bonds is 5. The van der Waals surface area contributed by atoms with Gasteiger partial charge in [0.25, 0.3) is 0 Å². The van der Waals surface area contributed by atoms with E-state index in [1.165, 1.54) is 13.2 Å². The van der Waals surface area contributed by atoms with Gasteiger partial charge in [0.05, 0.1) is 19.2 Å². The average molecular weight is 308 g/mol. The van der Waals surface area contributed by atoms with Crippen molar-refractivity contribution >= 4 is 23.3 Å². The van der Waals surface area contributed by atoms with Crippen LogP contribution in [0, 0.1) is 5.82 Å². The highest BCUT2D eigenvalue weighted by atomic mass is 35.5. The van der Waals surface area contributed by atoms with E-state index < -0.39 is 5.82 Å². The zero-order valence-electron chi connectivity index (χ0n) is 11.5. The Balaban J connectivity index is 2.11. The molecule has 0 unspecified atom stereocenters. The fourth-order valence-corrected chi connectivity index (χ4v) is 2.11. The van der Waals surface area contributed by atoms with Crippen molar-refractivity contribution in [3.63, 3.8) is 0 Å². The molecule has 0 aliphatic heterocycles. The van der Waals surface area contributed by atoms with E-state index in [0.29, 0.717) is 17.3 Å². The SMILES string of the molecule is COC(=O)Cc1ccccc1CNc1ccc(Cl)cc1F. The van der Waals surface area contributed by atoms with Crippen molar-refractivity contribution < 1.29 is 13.9 Å². The van der Waals surface area contributed by atoms with Crippen LogP contribution in [0.2, 0.25) is 5.02 Å². The number of anilines is 1. The molecule has 1 N–H and O–H groups in total. The van der Waals surface area contributed by atoms with Crippen LogP contribution in [0.15, 0.2) is 42.5 Å². The van der Waals surface area contributed by atoms with Gasteiger partial charge in [-0.2, -0.15) is 0 Å². The average Bonchev–Trinajstić information content (AvgIpc) is 2.47. The Bertz CT molecular complexity index is 646. The molecule has 2 rings (SSSR count). The van der Waals surface area contributed by atoms with E-state index in [1.54, 1.807) is 12.1 Å². The number of benzene rings is 2. The van der Waals surface area contributed by atoms with E-state index in [4.69, 9.17) is 11.6 Å². The van der Waals surface area contributed by atoms with Crippen LogP contribution >= 0.6 is 11.6 Å². The number of carbonyl (C=O) groups excluding carboxylic acids is 1. The standard InChI is InChI=1S/C16H15ClFNO2/c1-21-16(20)8-11-4-2-3-5-12(11)10-19-15-7-6-13(17)9-14(15)18/h2-7,9,19H,8,10H2,1H3. The van der Waals surface area contributed by atoms with Crippen LogP contribution in [0.5, 0.6) is 0 Å². The topological polar surface area (TPSA) is 38.3 Å². The van der Waals surface area contributed by atoms with Crippen LogP contribution in [0.4, 0.5) is 10.1 Å². The molecule has 3 nitrogen and oxygen atoms in total. The summed E-state index contributed by atoms with van der Waals surface area (Å²) in [4.78, 5) is 11.4. The molecule has 0 bridgehead atoms. The van der Waals surface area contributed by atoms with Crippen molar-refractivity contribution in [2.24, 2.45) is 0 Å². The molecule has 2 aromatic carbocycles. The van der Waals surface area contributed by atoms with Crippen LogP contribution in [0.3, 0.4) is 0 Å². The van der Waals surface area contributed by atoms with Gasteiger partial charge in [-0.05, 0) is 29.3 Å². The number of hydrogen-bond donors (Lipinski definition) is 1. The Hall–Kier alpha value is -2.07. The van der Waals surface area contributed by atoms with Crippen molar-refractivity contribution in [2.75, 3.05) is 12.4 Å². The number of hydrogen-bond acceptors (Lipinski definition) is 3. The van der Waals surface area contributed by atoms with Gasteiger partial charge < -0.3 is 10.1 Å². The summed E-state index contributed by atoms with van der Waals surface area (Å²) in [5.74, 6) is -0.715. The minimum absolute atomic E-state index is 0.192. The Morgan fingerprint density at radius 2 is 1.95 bits per heavy atom. The summed E-state index contributed by atoms with van der Waals surface area (Å²) in [6.45, 7) is 0.408. The monoisotopic (exact) mass is 307 g/mol. The first-order valence-corrected chi connectivity index (χ1v) is 6.80. The zero-order chi connectivity index (χ0) is 15.2. The van der Waals surface area contributed by atoms with Crippen LogP contribution in [0.25, 0.3) is 0 Å². The maximum absolute atomic E-state index is 13.7. The molecule has 0 spiro atoms. The molecule has 0 heterocycles. The van der Waals surface area contributed by atoms with Gasteiger partial charge in [-0.3, -0.25) is 4.79 Å². The predicted molar refractivity (Wildman–Crippen MR) is 80.9 cm³/mol. The van der Waals surface area contributed by atoms with Crippen molar-refractivity contribution in [1.29, 1.82) is 0 Å². The van der Waals surface area contributed by atoms with Crippen LogP contribution in [0.1, 0.15) is 11.1 Å². The van der Waals surface area contributed by atoms with Gasteiger partial charge >= 0.3 is 5.97 Å². The number of esters is 1. The summed E-state index contributed by atoms with van der Waals surface area (Å²) in [7, 11) is 1.35. The van der Waals surface area contributed by atoms with E-state index in [0.717, 1.165) is 11.1 Å². The molecule has 0 amide bonds. The first-order valence-electron chi connectivity index (χ1n) is 6.42. The highest BCUT2D eigenvalue weighted by Crippen LogP contribution is 2.20. The number of halogens is 2. The molecule has 2 aromatic rings. The Kier molecular flexibility index (Phi) is 5.17. The third-order valence-electron chi connectivity index (χ3n) is 3.08. The lowest BCUT2D eigenvalue weighted by atomic mass is 10.0. The Morgan fingerprint density at radius 3 is 2.62 bits per heavy atom. The maximum atomic E-state index is 13.7. The molecule has 0 aliphatic rings. The number of nitrogens with one attached hydrogen (secondary N) is 1. The molecule has 0 radical (unpaired) electrons. The summed E-state index contributed by atoms with van der Waals surface area (Å²) in [5.41, 5.74) is 2.13. The highest BCUT2D eigenvalue weighted by molar-refractivity contribution is 6.30. The summed E-state index contributed by atoms with van der Waals surface area (Å²) in [5, 5.41) is 3.35. The fourth-order valence-electron chi connectivity index (χ4n) is 1.95. The van der Waals surface area contributed by atoms with Crippen LogP contribution in [-0.2, 0) is 22.5 Å². The molecule has 110 valence electrons. The molecule has 0 atom stereocenters. The van der Waals surface area contributed by atoms with Gasteiger partial charge in [-0.25, -0.2) is 4.39 Å². The summed E-state index contributed by atoms with van der Waals surface area (Å²) in [6, 6.07) is 11.9. The van der Waals surface area contributed by atoms with E-state index in [1.807, 2.05) is 24.3 Å². The first kappa shape index (κ1) is 15.3. The lowest BCUT2D eigenvalue weighted by Gasteiger charge is -2.11. The number of ether oxygens (including phenoxy) is 1. The van der Waals surface area contributed by atoms with Gasteiger partial charge in [-0.15, -0.1) is 0 Å². The van der Waals surface area contributed by atoms with Crippen LogP contribution < -0.4 is 5.32 Å². The quantitative estimate of drug-likeness (QED) is 0.854. The minimum Gasteiger partial charge on any atom is -0.469 e. The normalized spacial score (nSPS) is 10.2. The summed E-state index contributed by atoms with van der Waals surface area (Å²) < 4.78 is 18.4. The molecule has 0 saturated carbocycles. The highest BCUT2D eigenvalue weighted by Gasteiger charge is 2.08. The zero-order valence-corrected chi connectivity index (χ0v) is 12.3. The Morgan fingerprint density at radius 1 is 1.24 bits per heavy atom. The molecule has 5 heteroatoms.